The van der Waals surface area contributed by atoms with E-state index in [-0.39, 0.29) is 17.5 Å². The summed E-state index contributed by atoms with van der Waals surface area (Å²) in [6.07, 6.45) is 5.62. The Morgan fingerprint density at radius 3 is 2.43 bits per heavy atom. The van der Waals surface area contributed by atoms with E-state index in [4.69, 9.17) is 0 Å². The number of rotatable bonds is 6. The van der Waals surface area contributed by atoms with Crippen LogP contribution in [-0.2, 0) is 0 Å². The Balaban J connectivity index is 1.47. The second-order valence-corrected chi connectivity index (χ2v) is 11.1. The summed E-state index contributed by atoms with van der Waals surface area (Å²) in [5.41, 5.74) is 0.557. The zero-order chi connectivity index (χ0) is 21.9. The molecule has 1 amide bonds. The van der Waals surface area contributed by atoms with E-state index >= 15 is 0 Å². The molecule has 2 atom stereocenters. The molecule has 1 heterocycles. The topological polar surface area (TPSA) is 32.3 Å². The van der Waals surface area contributed by atoms with Gasteiger partial charge in [0.25, 0.3) is 5.91 Å². The quantitative estimate of drug-likeness (QED) is 0.640. The standard InChI is InChI=1S/C26H41FN2O/c1-18(2)21-14-26(4,5)17-29(16-21)15-19(3)20-10-12-22(13-11-20)28-25(30)23-8-6-7-9-24(23)27/h6-9,18-22H,10-17H2,1-5H3,(H,28,30)/t19?,20-,21-,22-/m0/s1. The highest BCUT2D eigenvalue weighted by atomic mass is 19.1. The van der Waals surface area contributed by atoms with Crippen LogP contribution in [0, 0.1) is 34.9 Å². The molecule has 1 aliphatic carbocycles. The van der Waals surface area contributed by atoms with Crippen LogP contribution in [0.5, 0.6) is 0 Å². The highest BCUT2D eigenvalue weighted by Gasteiger charge is 2.35. The first-order valence-corrected chi connectivity index (χ1v) is 11.9. The van der Waals surface area contributed by atoms with Crippen molar-refractivity contribution in [2.45, 2.75) is 72.8 Å². The van der Waals surface area contributed by atoms with E-state index in [2.05, 4.69) is 44.8 Å². The second-order valence-electron chi connectivity index (χ2n) is 11.1. The van der Waals surface area contributed by atoms with Crippen molar-refractivity contribution < 1.29 is 9.18 Å². The number of amides is 1. The van der Waals surface area contributed by atoms with Crippen molar-refractivity contribution in [1.82, 2.24) is 10.2 Å². The molecule has 0 bridgehead atoms. The van der Waals surface area contributed by atoms with Crippen molar-refractivity contribution >= 4 is 5.91 Å². The minimum Gasteiger partial charge on any atom is -0.349 e. The maximum Gasteiger partial charge on any atom is 0.254 e. The molecule has 1 saturated carbocycles. The van der Waals surface area contributed by atoms with Gasteiger partial charge >= 0.3 is 0 Å². The summed E-state index contributed by atoms with van der Waals surface area (Å²) in [5.74, 6) is 2.21. The number of benzene rings is 1. The Bertz CT molecular complexity index is 709. The lowest BCUT2D eigenvalue weighted by molar-refractivity contribution is 0.0347. The smallest absolute Gasteiger partial charge is 0.254 e. The molecule has 2 aliphatic rings. The van der Waals surface area contributed by atoms with Crippen LogP contribution < -0.4 is 5.32 Å². The molecule has 1 unspecified atom stereocenters. The van der Waals surface area contributed by atoms with Crippen LogP contribution >= 0.6 is 0 Å². The number of nitrogens with one attached hydrogen (secondary N) is 1. The Morgan fingerprint density at radius 2 is 1.80 bits per heavy atom. The fourth-order valence-electron chi connectivity index (χ4n) is 5.72. The van der Waals surface area contributed by atoms with E-state index in [9.17, 15) is 9.18 Å². The fraction of sp³-hybridized carbons (Fsp3) is 0.731. The zero-order valence-electron chi connectivity index (χ0n) is 19.6. The van der Waals surface area contributed by atoms with Crippen LogP contribution in [0.1, 0.15) is 77.1 Å². The first kappa shape index (κ1) is 23.2. The molecule has 1 aliphatic heterocycles. The fourth-order valence-corrected chi connectivity index (χ4v) is 5.72. The van der Waals surface area contributed by atoms with E-state index in [1.165, 1.54) is 32.1 Å². The van der Waals surface area contributed by atoms with Crippen molar-refractivity contribution in [2.75, 3.05) is 19.6 Å². The van der Waals surface area contributed by atoms with E-state index in [1.54, 1.807) is 18.2 Å². The normalized spacial score (nSPS) is 28.3. The van der Waals surface area contributed by atoms with Crippen LogP contribution in [0.15, 0.2) is 24.3 Å². The number of carbonyl (C=O) groups excluding carboxylic acids is 1. The Kier molecular flexibility index (Phi) is 7.60. The third-order valence-electron chi connectivity index (χ3n) is 7.48. The van der Waals surface area contributed by atoms with E-state index in [1.807, 2.05) is 0 Å². The molecule has 0 spiro atoms. The molecule has 3 nitrogen and oxygen atoms in total. The average molecular weight is 417 g/mol. The molecule has 1 aromatic carbocycles. The number of nitrogens with zero attached hydrogens (tertiary/aromatic N) is 1. The van der Waals surface area contributed by atoms with Crippen molar-refractivity contribution in [1.29, 1.82) is 0 Å². The molecule has 1 aromatic rings. The van der Waals surface area contributed by atoms with Gasteiger partial charge in [0, 0.05) is 25.7 Å². The molecule has 2 fully saturated rings. The minimum absolute atomic E-state index is 0.153. The van der Waals surface area contributed by atoms with Gasteiger partial charge in [0.15, 0.2) is 0 Å². The molecular weight excluding hydrogens is 375 g/mol. The first-order valence-electron chi connectivity index (χ1n) is 11.9. The Morgan fingerprint density at radius 1 is 1.13 bits per heavy atom. The lowest BCUT2D eigenvalue weighted by Crippen LogP contribution is -2.48. The summed E-state index contributed by atoms with van der Waals surface area (Å²) in [7, 11) is 0. The number of halogens is 1. The van der Waals surface area contributed by atoms with Crippen molar-refractivity contribution in [2.24, 2.45) is 29.1 Å². The van der Waals surface area contributed by atoms with Crippen molar-refractivity contribution in [3.8, 4) is 0 Å². The summed E-state index contributed by atoms with van der Waals surface area (Å²) in [4.78, 5) is 15.1. The predicted octanol–water partition coefficient (Wildman–Crippen LogP) is 5.75. The third kappa shape index (κ3) is 6.06. The summed E-state index contributed by atoms with van der Waals surface area (Å²) < 4.78 is 13.9. The highest BCUT2D eigenvalue weighted by molar-refractivity contribution is 5.94. The van der Waals surface area contributed by atoms with Gasteiger partial charge in [0.1, 0.15) is 5.82 Å². The van der Waals surface area contributed by atoms with Crippen molar-refractivity contribution in [3.63, 3.8) is 0 Å². The van der Waals surface area contributed by atoms with E-state index in [0.29, 0.717) is 17.3 Å². The molecule has 1 saturated heterocycles. The maximum atomic E-state index is 13.9. The van der Waals surface area contributed by atoms with Gasteiger partial charge in [0.05, 0.1) is 5.56 Å². The first-order chi connectivity index (χ1) is 14.1. The van der Waals surface area contributed by atoms with Gasteiger partial charge < -0.3 is 10.2 Å². The molecule has 3 rings (SSSR count). The largest absolute Gasteiger partial charge is 0.349 e. The van der Waals surface area contributed by atoms with Gasteiger partial charge in [-0.1, -0.05) is 46.8 Å². The molecule has 4 heteroatoms. The zero-order valence-corrected chi connectivity index (χ0v) is 19.6. The molecular formula is C26H41FN2O. The van der Waals surface area contributed by atoms with Gasteiger partial charge in [-0.25, -0.2) is 4.39 Å². The maximum absolute atomic E-state index is 13.9. The number of hydrogen-bond donors (Lipinski definition) is 1. The summed E-state index contributed by atoms with van der Waals surface area (Å²) in [6.45, 7) is 15.6. The number of likely N-dealkylation sites (tertiary alicyclic amines) is 1. The predicted molar refractivity (Wildman–Crippen MR) is 122 cm³/mol. The highest BCUT2D eigenvalue weighted by Crippen LogP contribution is 2.37. The Labute approximate surface area is 182 Å². The molecule has 1 N–H and O–H groups in total. The van der Waals surface area contributed by atoms with Gasteiger partial charge in [-0.3, -0.25) is 4.79 Å². The Hall–Kier alpha value is -1.42. The lowest BCUT2D eigenvalue weighted by Gasteiger charge is -2.46. The van der Waals surface area contributed by atoms with Crippen LogP contribution in [-0.4, -0.2) is 36.5 Å². The SMILES string of the molecule is CC(C)[C@@H]1CN(CC(C)[C@H]2CC[C@H](NC(=O)c3ccccc3F)CC2)CC(C)(C)C1. The average Bonchev–Trinajstić information content (AvgIpc) is 2.67. The summed E-state index contributed by atoms with van der Waals surface area (Å²) in [5, 5.41) is 3.06. The number of hydrogen-bond acceptors (Lipinski definition) is 2. The molecule has 30 heavy (non-hydrogen) atoms. The lowest BCUT2D eigenvalue weighted by atomic mass is 9.73. The molecule has 168 valence electrons. The second kappa shape index (κ2) is 9.80. The summed E-state index contributed by atoms with van der Waals surface area (Å²) >= 11 is 0. The van der Waals surface area contributed by atoms with Crippen LogP contribution in [0.3, 0.4) is 0 Å². The van der Waals surface area contributed by atoms with Gasteiger partial charge in [-0.2, -0.15) is 0 Å². The van der Waals surface area contributed by atoms with Gasteiger partial charge in [0.2, 0.25) is 0 Å². The number of piperidine rings is 1. The van der Waals surface area contributed by atoms with E-state index < -0.39 is 5.82 Å². The third-order valence-corrected chi connectivity index (χ3v) is 7.48. The van der Waals surface area contributed by atoms with Crippen molar-refractivity contribution in [3.05, 3.63) is 35.6 Å². The molecule has 0 aromatic heterocycles. The number of carbonyl (C=O) groups is 1. The van der Waals surface area contributed by atoms with Crippen LogP contribution in [0.4, 0.5) is 4.39 Å². The van der Waals surface area contributed by atoms with Crippen LogP contribution in [0.25, 0.3) is 0 Å². The molecule has 0 radical (unpaired) electrons. The van der Waals surface area contributed by atoms with Gasteiger partial charge in [-0.15, -0.1) is 0 Å². The monoisotopic (exact) mass is 416 g/mol. The summed E-state index contributed by atoms with van der Waals surface area (Å²) in [6, 6.07) is 6.40. The van der Waals surface area contributed by atoms with Gasteiger partial charge in [-0.05, 0) is 73.3 Å². The van der Waals surface area contributed by atoms with Crippen LogP contribution in [0.2, 0.25) is 0 Å². The van der Waals surface area contributed by atoms with E-state index in [0.717, 1.165) is 37.5 Å². The minimum atomic E-state index is -0.443.